The molecule has 2 amide bonds. The molecule has 2 aromatic carbocycles. The van der Waals surface area contributed by atoms with Gasteiger partial charge in [-0.3, -0.25) is 14.5 Å². The number of hydrogen-bond donors (Lipinski definition) is 1. The first kappa shape index (κ1) is 23.7. The van der Waals surface area contributed by atoms with E-state index in [2.05, 4.69) is 10.3 Å². The number of carbonyl (C=O) groups is 2. The fourth-order valence-electron chi connectivity index (χ4n) is 3.94. The van der Waals surface area contributed by atoms with Crippen LogP contribution in [0.5, 0.6) is 0 Å². The highest BCUT2D eigenvalue weighted by atomic mass is 32.2. The van der Waals surface area contributed by atoms with E-state index in [1.807, 2.05) is 0 Å². The van der Waals surface area contributed by atoms with Crippen LogP contribution in [0.4, 0.5) is 24.5 Å². The van der Waals surface area contributed by atoms with Crippen LogP contribution < -0.4 is 5.32 Å². The highest BCUT2D eigenvalue weighted by Crippen LogP contribution is 2.37. The fraction of sp³-hybridized carbons (Fsp3) is 0.348. The van der Waals surface area contributed by atoms with Gasteiger partial charge in [-0.25, -0.2) is 9.38 Å². The van der Waals surface area contributed by atoms with Crippen LogP contribution in [0, 0.1) is 5.82 Å². The van der Waals surface area contributed by atoms with Gasteiger partial charge in [0.05, 0.1) is 11.4 Å². The van der Waals surface area contributed by atoms with E-state index in [1.165, 1.54) is 30.0 Å². The monoisotopic (exact) mass is 493 g/mol. The van der Waals surface area contributed by atoms with Gasteiger partial charge in [0.25, 0.3) is 5.76 Å². The summed E-state index contributed by atoms with van der Waals surface area (Å²) in [6.45, 7) is 0. The number of anilines is 1. The summed E-state index contributed by atoms with van der Waals surface area (Å²) in [4.78, 5) is 32.4. The molecule has 0 aromatic heterocycles. The summed E-state index contributed by atoms with van der Waals surface area (Å²) in [6, 6.07) is 12.3. The Morgan fingerprint density at radius 1 is 1.15 bits per heavy atom. The number of thioether (sulfide) groups is 2. The largest absolute Gasteiger partial charge is 0.324 e. The Kier molecular flexibility index (Phi) is 7.64. The van der Waals surface area contributed by atoms with Crippen molar-refractivity contribution >= 4 is 51.9 Å². The minimum atomic E-state index is -2.50. The molecule has 174 valence electrons. The first-order valence-electron chi connectivity index (χ1n) is 10.6. The van der Waals surface area contributed by atoms with Crippen LogP contribution in [0.2, 0.25) is 0 Å². The number of hydrogen-bond acceptors (Lipinski definition) is 5. The first-order valence-corrected chi connectivity index (χ1v) is 12.3. The summed E-state index contributed by atoms with van der Waals surface area (Å²) in [5.41, 5.74) is 0.615. The highest BCUT2D eigenvalue weighted by Gasteiger charge is 2.43. The second-order valence-corrected chi connectivity index (χ2v) is 9.99. The molecule has 33 heavy (non-hydrogen) atoms. The zero-order chi connectivity index (χ0) is 23.4. The lowest BCUT2D eigenvalue weighted by molar-refractivity contribution is -0.129. The number of nitrogens with zero attached hydrogens (tertiary/aromatic N) is 2. The van der Waals surface area contributed by atoms with E-state index in [9.17, 15) is 22.8 Å². The number of amidine groups is 1. The lowest BCUT2D eigenvalue weighted by Gasteiger charge is -2.23. The second-order valence-electron chi connectivity index (χ2n) is 7.75. The Morgan fingerprint density at radius 2 is 1.85 bits per heavy atom. The van der Waals surface area contributed by atoms with Gasteiger partial charge < -0.3 is 5.32 Å². The Morgan fingerprint density at radius 3 is 2.52 bits per heavy atom. The van der Waals surface area contributed by atoms with Crippen molar-refractivity contribution in [1.82, 2.24) is 4.90 Å². The van der Waals surface area contributed by atoms with Gasteiger partial charge in [-0.05, 0) is 49.2 Å². The molecule has 2 aromatic rings. The van der Waals surface area contributed by atoms with Crippen molar-refractivity contribution in [3.63, 3.8) is 0 Å². The van der Waals surface area contributed by atoms with Gasteiger partial charge in [0.15, 0.2) is 5.17 Å². The highest BCUT2D eigenvalue weighted by molar-refractivity contribution is 8.15. The number of aliphatic imine (C=N–C) groups is 1. The Hall–Kier alpha value is -2.46. The minimum Gasteiger partial charge on any atom is -0.324 e. The zero-order valence-electron chi connectivity index (χ0n) is 17.5. The van der Waals surface area contributed by atoms with E-state index < -0.39 is 22.7 Å². The lowest BCUT2D eigenvalue weighted by Crippen LogP contribution is -2.40. The summed E-state index contributed by atoms with van der Waals surface area (Å²) in [5, 5.41) is 2.37. The van der Waals surface area contributed by atoms with Crippen LogP contribution in [0.3, 0.4) is 0 Å². The standard InChI is InChI=1S/C23H22F3N3O2S2/c24-17-7-3-4-8-18(17)28-20(30)13-19-21(31)29(15-5-1-2-6-15)23(33-19)27-14-9-11-16(12-10-14)32-22(25)26/h3-4,7-12,15,19,22H,1-2,5-6,13H2,(H,28,30)/t19-/m1/s1. The molecule has 1 heterocycles. The fourth-order valence-corrected chi connectivity index (χ4v) is 5.65. The molecule has 4 rings (SSSR count). The third-order valence-corrected chi connectivity index (χ3v) is 7.34. The Labute approximate surface area is 198 Å². The molecule has 1 aliphatic carbocycles. The minimum absolute atomic E-state index is 0.0250. The lowest BCUT2D eigenvalue weighted by atomic mass is 10.2. The average molecular weight is 494 g/mol. The number of para-hydroxylation sites is 1. The van der Waals surface area contributed by atoms with E-state index >= 15 is 0 Å². The van der Waals surface area contributed by atoms with Crippen molar-refractivity contribution in [1.29, 1.82) is 0 Å². The van der Waals surface area contributed by atoms with Gasteiger partial charge in [0.2, 0.25) is 11.8 Å². The quantitative estimate of drug-likeness (QED) is 0.478. The summed E-state index contributed by atoms with van der Waals surface area (Å²) in [5.74, 6) is -3.68. The average Bonchev–Trinajstić information content (AvgIpc) is 3.39. The number of benzene rings is 2. The number of halogens is 3. The molecule has 1 saturated carbocycles. The third kappa shape index (κ3) is 5.92. The Bertz CT molecular complexity index is 1040. The van der Waals surface area contributed by atoms with E-state index in [0.29, 0.717) is 27.5 Å². The molecule has 2 fully saturated rings. The summed E-state index contributed by atoms with van der Waals surface area (Å²) in [7, 11) is 0. The number of alkyl halides is 2. The molecule has 0 spiro atoms. The number of nitrogens with one attached hydrogen (secondary N) is 1. The van der Waals surface area contributed by atoms with Crippen LogP contribution in [-0.4, -0.2) is 38.9 Å². The zero-order valence-corrected chi connectivity index (χ0v) is 19.2. The van der Waals surface area contributed by atoms with Crippen LogP contribution >= 0.6 is 23.5 Å². The van der Waals surface area contributed by atoms with E-state index in [-0.39, 0.29) is 24.1 Å². The van der Waals surface area contributed by atoms with Crippen LogP contribution in [-0.2, 0) is 9.59 Å². The van der Waals surface area contributed by atoms with Gasteiger partial charge in [-0.15, -0.1) is 0 Å². The van der Waals surface area contributed by atoms with Gasteiger partial charge in [-0.1, -0.05) is 48.5 Å². The second kappa shape index (κ2) is 10.6. The predicted octanol–water partition coefficient (Wildman–Crippen LogP) is 6.04. The van der Waals surface area contributed by atoms with Crippen molar-refractivity contribution in [2.24, 2.45) is 4.99 Å². The van der Waals surface area contributed by atoms with Crippen molar-refractivity contribution in [2.75, 3.05) is 5.32 Å². The van der Waals surface area contributed by atoms with Crippen molar-refractivity contribution < 1.29 is 22.8 Å². The van der Waals surface area contributed by atoms with E-state index in [4.69, 9.17) is 0 Å². The predicted molar refractivity (Wildman–Crippen MR) is 126 cm³/mol. The summed E-state index contributed by atoms with van der Waals surface area (Å²) >= 11 is 1.67. The van der Waals surface area contributed by atoms with Gasteiger partial charge >= 0.3 is 0 Å². The molecule has 1 N–H and O–H groups in total. The number of rotatable bonds is 7. The smallest absolute Gasteiger partial charge is 0.288 e. The number of carbonyl (C=O) groups excluding carboxylic acids is 2. The molecule has 0 bridgehead atoms. The molecular formula is C23H22F3N3O2S2. The third-order valence-electron chi connectivity index (χ3n) is 5.46. The topological polar surface area (TPSA) is 61.8 Å². The van der Waals surface area contributed by atoms with Gasteiger partial charge in [-0.2, -0.15) is 8.78 Å². The molecule has 0 radical (unpaired) electrons. The van der Waals surface area contributed by atoms with Gasteiger partial charge in [0.1, 0.15) is 11.1 Å². The maximum Gasteiger partial charge on any atom is 0.288 e. The van der Waals surface area contributed by atoms with E-state index in [0.717, 1.165) is 25.7 Å². The molecular weight excluding hydrogens is 471 g/mol. The van der Waals surface area contributed by atoms with Crippen LogP contribution in [0.1, 0.15) is 32.1 Å². The summed E-state index contributed by atoms with van der Waals surface area (Å²) < 4.78 is 39.0. The SMILES string of the molecule is O=C(C[C@H]1SC(=Nc2ccc(SC(F)F)cc2)N(C2CCCC2)C1=O)Nc1ccccc1F. The Balaban J connectivity index is 1.51. The first-order chi connectivity index (χ1) is 15.9. The van der Waals surface area contributed by atoms with Crippen molar-refractivity contribution in [3.05, 3.63) is 54.3 Å². The molecule has 1 aliphatic heterocycles. The molecule has 5 nitrogen and oxygen atoms in total. The van der Waals surface area contributed by atoms with Crippen molar-refractivity contribution in [3.8, 4) is 0 Å². The molecule has 1 saturated heterocycles. The van der Waals surface area contributed by atoms with Crippen LogP contribution in [0.15, 0.2) is 58.4 Å². The molecule has 10 heteroatoms. The number of amides is 2. The summed E-state index contributed by atoms with van der Waals surface area (Å²) in [6.07, 6.45) is 3.66. The maximum atomic E-state index is 13.9. The maximum absolute atomic E-state index is 13.9. The molecule has 0 unspecified atom stereocenters. The molecule has 2 aliphatic rings. The molecule has 1 atom stereocenters. The van der Waals surface area contributed by atoms with Crippen LogP contribution in [0.25, 0.3) is 0 Å². The van der Waals surface area contributed by atoms with E-state index in [1.54, 1.807) is 35.2 Å². The normalized spacial score (nSPS) is 20.2. The van der Waals surface area contributed by atoms with Gasteiger partial charge in [0, 0.05) is 17.4 Å². The van der Waals surface area contributed by atoms with Crippen molar-refractivity contribution in [2.45, 2.75) is 54.0 Å².